The highest BCUT2D eigenvalue weighted by Crippen LogP contribution is 2.19. The Hall–Kier alpha value is -1.22. The molecule has 118 valence electrons. The number of aromatic nitrogens is 1. The molecule has 0 aliphatic carbocycles. The van der Waals surface area contributed by atoms with Gasteiger partial charge in [0.2, 0.25) is 10.0 Å². The van der Waals surface area contributed by atoms with Crippen molar-refractivity contribution < 1.29 is 17.9 Å². The molecule has 0 saturated carbocycles. The molecule has 1 saturated heterocycles. The van der Waals surface area contributed by atoms with Crippen LogP contribution in [0.2, 0.25) is 0 Å². The molecule has 1 unspecified atom stereocenters. The Labute approximate surface area is 125 Å². The van der Waals surface area contributed by atoms with Crippen LogP contribution in [0.25, 0.3) is 0 Å². The number of hydrogen-bond acceptors (Lipinski definition) is 6. The summed E-state index contributed by atoms with van der Waals surface area (Å²) in [5.74, 6) is 0. The molecule has 7 nitrogen and oxygen atoms in total. The van der Waals surface area contributed by atoms with Crippen molar-refractivity contribution in [3.63, 3.8) is 0 Å². The van der Waals surface area contributed by atoms with Crippen molar-refractivity contribution in [1.29, 1.82) is 0 Å². The van der Waals surface area contributed by atoms with Crippen molar-refractivity contribution >= 4 is 15.7 Å². The smallest absolute Gasteiger partial charge is 0.244 e. The van der Waals surface area contributed by atoms with Gasteiger partial charge in [0.05, 0.1) is 31.6 Å². The maximum atomic E-state index is 12.4. The van der Waals surface area contributed by atoms with Crippen molar-refractivity contribution in [2.24, 2.45) is 0 Å². The van der Waals surface area contributed by atoms with Crippen LogP contribution in [0.3, 0.4) is 0 Å². The number of pyridine rings is 1. The van der Waals surface area contributed by atoms with Gasteiger partial charge in [-0.15, -0.1) is 0 Å². The van der Waals surface area contributed by atoms with Gasteiger partial charge in [0.25, 0.3) is 0 Å². The van der Waals surface area contributed by atoms with Crippen LogP contribution in [0.15, 0.2) is 23.4 Å². The average molecular weight is 315 g/mol. The zero-order valence-electron chi connectivity index (χ0n) is 12.0. The van der Waals surface area contributed by atoms with Gasteiger partial charge in [0.1, 0.15) is 4.90 Å². The molecular weight excluding hydrogens is 294 g/mol. The number of hydrogen-bond donors (Lipinski definition) is 2. The summed E-state index contributed by atoms with van der Waals surface area (Å²) in [6.45, 7) is 4.34. The van der Waals surface area contributed by atoms with E-state index in [1.165, 1.54) is 6.20 Å². The fraction of sp³-hybridized carbons (Fsp3) is 0.615. The highest BCUT2D eigenvalue weighted by molar-refractivity contribution is 7.89. The Morgan fingerprint density at radius 3 is 3.00 bits per heavy atom. The molecule has 2 rings (SSSR count). The summed E-state index contributed by atoms with van der Waals surface area (Å²) in [5, 5.41) is 3.09. The third-order valence-electron chi connectivity index (χ3n) is 3.03. The van der Waals surface area contributed by atoms with Crippen LogP contribution in [0, 0.1) is 0 Å². The summed E-state index contributed by atoms with van der Waals surface area (Å²) in [6, 6.07) is 1.66. The summed E-state index contributed by atoms with van der Waals surface area (Å²) in [5.41, 5.74) is 0.556. The van der Waals surface area contributed by atoms with Crippen molar-refractivity contribution in [3.05, 3.63) is 18.5 Å². The van der Waals surface area contributed by atoms with Crippen molar-refractivity contribution in [3.8, 4) is 0 Å². The lowest BCUT2D eigenvalue weighted by molar-refractivity contribution is -0.0846. The molecule has 0 spiro atoms. The minimum Gasteiger partial charge on any atom is -0.384 e. The minimum absolute atomic E-state index is 0.148. The highest BCUT2D eigenvalue weighted by atomic mass is 32.2. The van der Waals surface area contributed by atoms with Crippen LogP contribution in [-0.4, -0.2) is 52.4 Å². The van der Waals surface area contributed by atoms with Gasteiger partial charge in [-0.1, -0.05) is 6.92 Å². The summed E-state index contributed by atoms with van der Waals surface area (Å²) < 4.78 is 38.0. The zero-order chi connectivity index (χ0) is 15.1. The quantitative estimate of drug-likeness (QED) is 0.766. The molecule has 0 bridgehead atoms. The number of nitrogens with zero attached hydrogens (tertiary/aromatic N) is 1. The lowest BCUT2D eigenvalue weighted by atomic mass is 10.3. The van der Waals surface area contributed by atoms with Crippen LogP contribution in [0.1, 0.15) is 13.3 Å². The molecular formula is C13H21N3O4S. The molecule has 0 aromatic carbocycles. The summed E-state index contributed by atoms with van der Waals surface area (Å²) >= 11 is 0. The molecule has 0 radical (unpaired) electrons. The monoisotopic (exact) mass is 315 g/mol. The lowest BCUT2D eigenvalue weighted by Gasteiger charge is -2.23. The van der Waals surface area contributed by atoms with E-state index >= 15 is 0 Å². The fourth-order valence-electron chi connectivity index (χ4n) is 1.93. The van der Waals surface area contributed by atoms with Gasteiger partial charge in [-0.2, -0.15) is 0 Å². The molecule has 1 aromatic heterocycles. The van der Waals surface area contributed by atoms with Crippen LogP contribution in [-0.2, 0) is 19.5 Å². The second-order valence-corrected chi connectivity index (χ2v) is 6.45. The molecule has 2 N–H and O–H groups in total. The first kappa shape index (κ1) is 16.2. The largest absolute Gasteiger partial charge is 0.384 e. The standard InChI is InChI=1S/C13H21N3O4S/c1-2-4-15-12-3-5-14-9-13(12)21(17,18)16-8-11-10-19-6-7-20-11/h3,5,9,11,16H,2,4,6-8,10H2,1H3,(H,14,15). The maximum Gasteiger partial charge on any atom is 0.244 e. The molecule has 8 heteroatoms. The Balaban J connectivity index is 2.04. The van der Waals surface area contributed by atoms with E-state index in [0.717, 1.165) is 6.42 Å². The lowest BCUT2D eigenvalue weighted by Crippen LogP contribution is -2.39. The number of rotatable bonds is 7. The highest BCUT2D eigenvalue weighted by Gasteiger charge is 2.22. The van der Waals surface area contributed by atoms with Gasteiger partial charge in [-0.05, 0) is 12.5 Å². The molecule has 0 amide bonds. The first-order chi connectivity index (χ1) is 10.1. The third-order valence-corrected chi connectivity index (χ3v) is 4.48. The summed E-state index contributed by atoms with van der Waals surface area (Å²) in [4.78, 5) is 4.05. The topological polar surface area (TPSA) is 89.6 Å². The second-order valence-electron chi connectivity index (χ2n) is 4.72. The number of sulfonamides is 1. The molecule has 21 heavy (non-hydrogen) atoms. The van der Waals surface area contributed by atoms with E-state index in [-0.39, 0.29) is 17.5 Å². The van der Waals surface area contributed by atoms with Gasteiger partial charge in [-0.25, -0.2) is 13.1 Å². The van der Waals surface area contributed by atoms with E-state index in [1.54, 1.807) is 12.3 Å². The molecule has 1 fully saturated rings. The van der Waals surface area contributed by atoms with Gasteiger partial charge < -0.3 is 14.8 Å². The third kappa shape index (κ3) is 4.63. The predicted molar refractivity (Wildman–Crippen MR) is 78.8 cm³/mol. The molecule has 1 aliphatic heterocycles. The zero-order valence-corrected chi connectivity index (χ0v) is 12.9. The van der Waals surface area contributed by atoms with Crippen molar-refractivity contribution in [2.45, 2.75) is 24.3 Å². The van der Waals surface area contributed by atoms with Crippen LogP contribution >= 0.6 is 0 Å². The Morgan fingerprint density at radius 2 is 2.29 bits per heavy atom. The average Bonchev–Trinajstić information content (AvgIpc) is 2.52. The minimum atomic E-state index is -3.63. The number of anilines is 1. The first-order valence-corrected chi connectivity index (χ1v) is 8.48. The SMILES string of the molecule is CCCNc1ccncc1S(=O)(=O)NCC1COCCO1. The van der Waals surface area contributed by atoms with E-state index in [2.05, 4.69) is 15.0 Å². The van der Waals surface area contributed by atoms with E-state index in [4.69, 9.17) is 9.47 Å². The second kappa shape index (κ2) is 7.69. The van der Waals surface area contributed by atoms with Crippen molar-refractivity contribution in [2.75, 3.05) is 38.2 Å². The summed E-state index contributed by atoms with van der Waals surface area (Å²) in [6.07, 6.45) is 3.56. The maximum absolute atomic E-state index is 12.4. The molecule has 1 aromatic rings. The van der Waals surface area contributed by atoms with E-state index in [0.29, 0.717) is 32.1 Å². The number of ether oxygens (including phenoxy) is 2. The molecule has 1 aliphatic rings. The van der Waals surface area contributed by atoms with Gasteiger partial charge in [-0.3, -0.25) is 4.98 Å². The normalized spacial score (nSPS) is 19.4. The fourth-order valence-corrected chi connectivity index (χ4v) is 3.12. The molecule has 1 atom stereocenters. The van der Waals surface area contributed by atoms with Crippen LogP contribution in [0.4, 0.5) is 5.69 Å². The Bertz CT molecular complexity index is 544. The van der Waals surface area contributed by atoms with Crippen molar-refractivity contribution in [1.82, 2.24) is 9.71 Å². The van der Waals surface area contributed by atoms with Gasteiger partial charge in [0, 0.05) is 25.5 Å². The Morgan fingerprint density at radius 1 is 1.43 bits per heavy atom. The van der Waals surface area contributed by atoms with E-state index in [9.17, 15) is 8.42 Å². The van der Waals surface area contributed by atoms with E-state index in [1.807, 2.05) is 6.92 Å². The number of nitrogens with one attached hydrogen (secondary N) is 2. The van der Waals surface area contributed by atoms with E-state index < -0.39 is 10.0 Å². The van der Waals surface area contributed by atoms with Gasteiger partial charge >= 0.3 is 0 Å². The van der Waals surface area contributed by atoms with Crippen LogP contribution in [0.5, 0.6) is 0 Å². The molecule has 2 heterocycles. The van der Waals surface area contributed by atoms with Crippen LogP contribution < -0.4 is 10.0 Å². The first-order valence-electron chi connectivity index (χ1n) is 7.00. The predicted octanol–water partition coefficient (Wildman–Crippen LogP) is 0.597. The van der Waals surface area contributed by atoms with Gasteiger partial charge in [0.15, 0.2) is 0 Å². The Kier molecular flexibility index (Phi) is 5.92. The summed E-state index contributed by atoms with van der Waals surface area (Å²) in [7, 11) is -3.63.